The molecule has 0 spiro atoms. The summed E-state index contributed by atoms with van der Waals surface area (Å²) in [6.07, 6.45) is 3.31. The standard InChI is InChI=1S/C25H36O6/c1-13(2)7-6-8-14(3)17-10-9-15(4)20-18(17)11-16(5)24(22(20)28)31-25-23(29)21(27)19(26)12-30-25/h6-8,11,14-15,17,19,21,23,25-29H,9-10,12H2,1-5H3/t14-,15-,17+,19-,21-,23+,25+/m0/s1. The number of phenols is 1. The summed E-state index contributed by atoms with van der Waals surface area (Å²) < 4.78 is 11.2. The van der Waals surface area contributed by atoms with Gasteiger partial charge in [-0.1, -0.05) is 43.7 Å². The molecule has 6 nitrogen and oxygen atoms in total. The summed E-state index contributed by atoms with van der Waals surface area (Å²) in [4.78, 5) is 0. The van der Waals surface area contributed by atoms with Crippen molar-refractivity contribution in [3.63, 3.8) is 0 Å². The number of rotatable bonds is 5. The smallest absolute Gasteiger partial charge is 0.229 e. The number of aromatic hydroxyl groups is 1. The minimum Gasteiger partial charge on any atom is -0.504 e. The van der Waals surface area contributed by atoms with E-state index in [0.29, 0.717) is 11.8 Å². The van der Waals surface area contributed by atoms with Crippen LogP contribution in [0.25, 0.3) is 0 Å². The summed E-state index contributed by atoms with van der Waals surface area (Å²) in [6, 6.07) is 2.07. The van der Waals surface area contributed by atoms with Crippen molar-refractivity contribution in [2.24, 2.45) is 5.92 Å². The van der Waals surface area contributed by atoms with Crippen LogP contribution in [-0.2, 0) is 4.74 Å². The SMILES string of the molecule is CC(C)=CC=C[C@H](C)[C@H]1CC[C@H](C)c2c1cc(C)c(O[C@H]1OC[C@H](O)[C@H](O)[C@H]1O)c2O. The first kappa shape index (κ1) is 23.8. The van der Waals surface area contributed by atoms with Gasteiger partial charge in [0.05, 0.1) is 6.61 Å². The van der Waals surface area contributed by atoms with Crippen molar-refractivity contribution in [2.75, 3.05) is 6.61 Å². The minimum absolute atomic E-state index is 0.0732. The van der Waals surface area contributed by atoms with Crippen molar-refractivity contribution in [1.82, 2.24) is 0 Å². The van der Waals surface area contributed by atoms with E-state index in [1.165, 1.54) is 5.57 Å². The first-order valence-corrected chi connectivity index (χ1v) is 11.1. The summed E-state index contributed by atoms with van der Waals surface area (Å²) in [5.41, 5.74) is 4.01. The molecular weight excluding hydrogens is 396 g/mol. The molecule has 1 aromatic carbocycles. The third kappa shape index (κ3) is 4.98. The van der Waals surface area contributed by atoms with E-state index in [2.05, 4.69) is 52.0 Å². The Morgan fingerprint density at radius 1 is 1.19 bits per heavy atom. The molecule has 1 fully saturated rings. The number of ether oxygens (including phenoxy) is 2. The summed E-state index contributed by atoms with van der Waals surface area (Å²) >= 11 is 0. The normalized spacial score (nSPS) is 31.9. The maximum Gasteiger partial charge on any atom is 0.229 e. The van der Waals surface area contributed by atoms with E-state index in [1.807, 2.05) is 6.92 Å². The molecule has 0 saturated carbocycles. The first-order valence-electron chi connectivity index (χ1n) is 11.1. The van der Waals surface area contributed by atoms with Crippen LogP contribution in [-0.4, -0.2) is 51.6 Å². The summed E-state index contributed by atoms with van der Waals surface area (Å²) in [7, 11) is 0. The van der Waals surface area contributed by atoms with Gasteiger partial charge in [0, 0.05) is 5.56 Å². The summed E-state index contributed by atoms with van der Waals surface area (Å²) in [5.74, 6) is 1.11. The third-order valence-electron chi connectivity index (χ3n) is 6.48. The van der Waals surface area contributed by atoms with Gasteiger partial charge in [-0.2, -0.15) is 0 Å². The number of benzene rings is 1. The highest BCUT2D eigenvalue weighted by molar-refractivity contribution is 5.57. The number of hydrogen-bond acceptors (Lipinski definition) is 6. The zero-order valence-corrected chi connectivity index (χ0v) is 19.1. The fourth-order valence-electron chi connectivity index (χ4n) is 4.63. The molecule has 2 aliphatic rings. The van der Waals surface area contributed by atoms with Crippen LogP contribution in [0.2, 0.25) is 0 Å². The molecule has 6 heteroatoms. The second kappa shape index (κ2) is 9.74. The Labute approximate surface area is 184 Å². The van der Waals surface area contributed by atoms with Crippen LogP contribution in [0, 0.1) is 12.8 Å². The molecule has 0 unspecified atom stereocenters. The molecule has 4 N–H and O–H groups in total. The van der Waals surface area contributed by atoms with Crippen molar-refractivity contribution < 1.29 is 29.9 Å². The van der Waals surface area contributed by atoms with Crippen molar-refractivity contribution in [1.29, 1.82) is 0 Å². The van der Waals surface area contributed by atoms with Gasteiger partial charge >= 0.3 is 0 Å². The predicted octanol–water partition coefficient (Wildman–Crippen LogP) is 3.66. The number of phenolic OH excluding ortho intramolecular Hbond substituents is 1. The molecule has 0 bridgehead atoms. The molecule has 31 heavy (non-hydrogen) atoms. The maximum absolute atomic E-state index is 11.2. The quantitative estimate of drug-likeness (QED) is 0.530. The van der Waals surface area contributed by atoms with Gasteiger partial charge in [-0.05, 0) is 62.5 Å². The van der Waals surface area contributed by atoms with Gasteiger partial charge in [-0.25, -0.2) is 0 Å². The van der Waals surface area contributed by atoms with Crippen LogP contribution in [0.3, 0.4) is 0 Å². The number of aryl methyl sites for hydroxylation is 1. The van der Waals surface area contributed by atoms with Gasteiger partial charge in [0.15, 0.2) is 11.5 Å². The van der Waals surface area contributed by atoms with Gasteiger partial charge in [-0.15, -0.1) is 0 Å². The maximum atomic E-state index is 11.2. The predicted molar refractivity (Wildman–Crippen MR) is 119 cm³/mol. The lowest BCUT2D eigenvalue weighted by Crippen LogP contribution is -2.54. The molecule has 0 amide bonds. The molecule has 0 aromatic heterocycles. The van der Waals surface area contributed by atoms with Crippen LogP contribution in [0.4, 0.5) is 0 Å². The zero-order chi connectivity index (χ0) is 22.9. The largest absolute Gasteiger partial charge is 0.504 e. The Morgan fingerprint density at radius 3 is 2.58 bits per heavy atom. The van der Waals surface area contributed by atoms with Gasteiger partial charge in [-0.3, -0.25) is 0 Å². The lowest BCUT2D eigenvalue weighted by Gasteiger charge is -2.37. The van der Waals surface area contributed by atoms with Gasteiger partial charge in [0.25, 0.3) is 0 Å². The summed E-state index contributed by atoms with van der Waals surface area (Å²) in [5, 5.41) is 41.0. The van der Waals surface area contributed by atoms with E-state index < -0.39 is 24.6 Å². The van der Waals surface area contributed by atoms with Crippen molar-refractivity contribution >= 4 is 0 Å². The monoisotopic (exact) mass is 432 g/mol. The zero-order valence-electron chi connectivity index (χ0n) is 19.1. The average molecular weight is 433 g/mol. The van der Waals surface area contributed by atoms with E-state index >= 15 is 0 Å². The molecule has 1 aliphatic heterocycles. The molecular formula is C25H36O6. The van der Waals surface area contributed by atoms with Gasteiger partial charge in [0.2, 0.25) is 6.29 Å². The van der Waals surface area contributed by atoms with E-state index in [1.54, 1.807) is 0 Å². The van der Waals surface area contributed by atoms with Gasteiger partial charge < -0.3 is 29.9 Å². The van der Waals surface area contributed by atoms with E-state index in [9.17, 15) is 20.4 Å². The Balaban J connectivity index is 1.92. The Morgan fingerprint density at radius 2 is 1.90 bits per heavy atom. The Hall–Kier alpha value is -1.86. The minimum atomic E-state index is -1.41. The van der Waals surface area contributed by atoms with E-state index in [0.717, 1.165) is 29.5 Å². The third-order valence-corrected chi connectivity index (χ3v) is 6.48. The Bertz CT molecular complexity index is 841. The molecule has 1 heterocycles. The van der Waals surface area contributed by atoms with E-state index in [4.69, 9.17) is 9.47 Å². The van der Waals surface area contributed by atoms with Crippen molar-refractivity contribution in [3.05, 3.63) is 46.6 Å². The number of aliphatic hydroxyl groups excluding tert-OH is 3. The van der Waals surface area contributed by atoms with Gasteiger partial charge in [0.1, 0.15) is 18.3 Å². The highest BCUT2D eigenvalue weighted by Gasteiger charge is 2.40. The first-order chi connectivity index (χ1) is 14.6. The second-order valence-corrected chi connectivity index (χ2v) is 9.32. The van der Waals surface area contributed by atoms with Crippen LogP contribution in [0.15, 0.2) is 29.9 Å². The summed E-state index contributed by atoms with van der Waals surface area (Å²) in [6.45, 7) is 10.2. The molecule has 3 rings (SSSR count). The second-order valence-electron chi connectivity index (χ2n) is 9.32. The highest BCUT2D eigenvalue weighted by Crippen LogP contribution is 2.50. The highest BCUT2D eigenvalue weighted by atomic mass is 16.7. The van der Waals surface area contributed by atoms with Crippen LogP contribution in [0.1, 0.15) is 69.1 Å². The molecule has 0 radical (unpaired) electrons. The van der Waals surface area contributed by atoms with E-state index in [-0.39, 0.29) is 24.0 Å². The lowest BCUT2D eigenvalue weighted by atomic mass is 9.71. The molecule has 1 saturated heterocycles. The van der Waals surface area contributed by atoms with Crippen molar-refractivity contribution in [2.45, 2.75) is 83.9 Å². The molecule has 7 atom stereocenters. The number of allylic oxidation sites excluding steroid dienone is 4. The van der Waals surface area contributed by atoms with Crippen LogP contribution in [0.5, 0.6) is 11.5 Å². The fourth-order valence-corrected chi connectivity index (χ4v) is 4.63. The van der Waals surface area contributed by atoms with Crippen LogP contribution < -0.4 is 4.74 Å². The van der Waals surface area contributed by atoms with Crippen LogP contribution >= 0.6 is 0 Å². The number of fused-ring (bicyclic) bond motifs is 1. The molecule has 172 valence electrons. The van der Waals surface area contributed by atoms with Crippen molar-refractivity contribution in [3.8, 4) is 11.5 Å². The number of aliphatic hydroxyl groups is 3. The topological polar surface area (TPSA) is 99.4 Å². The lowest BCUT2D eigenvalue weighted by molar-refractivity contribution is -0.242. The molecule has 1 aromatic rings. The molecule has 1 aliphatic carbocycles. The average Bonchev–Trinajstić information content (AvgIpc) is 2.70. The number of hydrogen-bond donors (Lipinski definition) is 4. The Kier molecular flexibility index (Phi) is 7.47. The fraction of sp³-hybridized carbons (Fsp3) is 0.600.